The number of rotatable bonds is 9. The molecular formula is C16H24N2O3. The van der Waals surface area contributed by atoms with Gasteiger partial charge in [-0.2, -0.15) is 0 Å². The molecule has 0 spiro atoms. The Morgan fingerprint density at radius 1 is 1.29 bits per heavy atom. The third kappa shape index (κ3) is 5.27. The molecule has 1 aliphatic carbocycles. The maximum atomic E-state index is 11.7. The van der Waals surface area contributed by atoms with E-state index in [2.05, 4.69) is 10.6 Å². The fourth-order valence-electron chi connectivity index (χ4n) is 2.03. The molecular weight excluding hydrogens is 268 g/mol. The van der Waals surface area contributed by atoms with Crippen LogP contribution in [0.2, 0.25) is 0 Å². The topological polar surface area (TPSA) is 59.6 Å². The van der Waals surface area contributed by atoms with Crippen molar-refractivity contribution in [3.63, 3.8) is 0 Å². The van der Waals surface area contributed by atoms with Crippen LogP contribution in [0.3, 0.4) is 0 Å². The molecule has 1 aromatic carbocycles. The number of carbonyl (C=O) groups excluding carboxylic acids is 1. The van der Waals surface area contributed by atoms with Crippen LogP contribution in [0.25, 0.3) is 0 Å². The van der Waals surface area contributed by atoms with Crippen LogP contribution < -0.4 is 20.1 Å². The van der Waals surface area contributed by atoms with E-state index in [0.29, 0.717) is 24.0 Å². The first kappa shape index (κ1) is 15.6. The molecule has 1 aliphatic rings. The summed E-state index contributed by atoms with van der Waals surface area (Å²) in [6.45, 7) is 4.05. The third-order valence-electron chi connectivity index (χ3n) is 3.33. The first-order chi connectivity index (χ1) is 10.2. The van der Waals surface area contributed by atoms with E-state index >= 15 is 0 Å². The Morgan fingerprint density at radius 3 is 2.76 bits per heavy atom. The van der Waals surface area contributed by atoms with Crippen molar-refractivity contribution < 1.29 is 14.3 Å². The van der Waals surface area contributed by atoms with Crippen LogP contribution in [0.15, 0.2) is 18.2 Å². The van der Waals surface area contributed by atoms with Crippen LogP contribution in [0.5, 0.6) is 11.5 Å². The van der Waals surface area contributed by atoms with Crippen LogP contribution in [0.4, 0.5) is 0 Å². The Kier molecular flexibility index (Phi) is 5.87. The minimum absolute atomic E-state index is 0.0260. The molecule has 0 unspecified atom stereocenters. The first-order valence-electron chi connectivity index (χ1n) is 7.52. The monoisotopic (exact) mass is 292 g/mol. The quantitative estimate of drug-likeness (QED) is 0.727. The number of hydrogen-bond acceptors (Lipinski definition) is 4. The van der Waals surface area contributed by atoms with Crippen molar-refractivity contribution >= 4 is 5.91 Å². The van der Waals surface area contributed by atoms with Crippen molar-refractivity contribution in [3.05, 3.63) is 23.8 Å². The average Bonchev–Trinajstić information content (AvgIpc) is 3.29. The summed E-state index contributed by atoms with van der Waals surface area (Å²) in [5, 5.41) is 5.98. The second-order valence-electron chi connectivity index (χ2n) is 5.28. The van der Waals surface area contributed by atoms with Gasteiger partial charge in [-0.15, -0.1) is 0 Å². The van der Waals surface area contributed by atoms with Gasteiger partial charge in [0.25, 0.3) is 5.91 Å². The van der Waals surface area contributed by atoms with Crippen LogP contribution >= 0.6 is 0 Å². The normalized spacial score (nSPS) is 13.8. The molecule has 5 nitrogen and oxygen atoms in total. The highest BCUT2D eigenvalue weighted by Crippen LogP contribution is 2.29. The van der Waals surface area contributed by atoms with E-state index in [1.165, 1.54) is 12.8 Å². The Morgan fingerprint density at radius 2 is 2.10 bits per heavy atom. The van der Waals surface area contributed by atoms with Crippen molar-refractivity contribution in [2.75, 3.05) is 26.8 Å². The highest BCUT2D eigenvalue weighted by Gasteiger charge is 2.21. The highest BCUT2D eigenvalue weighted by molar-refractivity contribution is 5.77. The SMILES string of the molecule is CCOc1cc(CNC)ccc1OCC(=O)NCC1CC1. The van der Waals surface area contributed by atoms with Gasteiger partial charge in [0, 0.05) is 13.1 Å². The molecule has 1 amide bonds. The predicted octanol–water partition coefficient (Wildman–Crippen LogP) is 1.71. The predicted molar refractivity (Wildman–Crippen MR) is 81.6 cm³/mol. The average molecular weight is 292 g/mol. The summed E-state index contributed by atoms with van der Waals surface area (Å²) in [5.74, 6) is 1.89. The second kappa shape index (κ2) is 7.88. The van der Waals surface area contributed by atoms with Gasteiger partial charge < -0.3 is 20.1 Å². The molecule has 1 fully saturated rings. The van der Waals surface area contributed by atoms with Gasteiger partial charge in [0.05, 0.1) is 6.61 Å². The number of ether oxygens (including phenoxy) is 2. The molecule has 0 bridgehead atoms. The van der Waals surface area contributed by atoms with Crippen LogP contribution in [-0.2, 0) is 11.3 Å². The summed E-state index contributed by atoms with van der Waals surface area (Å²) in [5.41, 5.74) is 1.12. The van der Waals surface area contributed by atoms with E-state index in [4.69, 9.17) is 9.47 Å². The summed E-state index contributed by atoms with van der Waals surface area (Å²) in [6.07, 6.45) is 2.45. The summed E-state index contributed by atoms with van der Waals surface area (Å²) in [7, 11) is 1.90. The molecule has 116 valence electrons. The fraction of sp³-hybridized carbons (Fsp3) is 0.562. The smallest absolute Gasteiger partial charge is 0.257 e. The Bertz CT molecular complexity index is 473. The zero-order chi connectivity index (χ0) is 15.1. The number of amides is 1. The number of hydrogen-bond donors (Lipinski definition) is 2. The Labute approximate surface area is 126 Å². The van der Waals surface area contributed by atoms with E-state index in [1.54, 1.807) is 0 Å². The van der Waals surface area contributed by atoms with Crippen molar-refractivity contribution in [1.82, 2.24) is 10.6 Å². The van der Waals surface area contributed by atoms with Crippen molar-refractivity contribution in [3.8, 4) is 11.5 Å². The van der Waals surface area contributed by atoms with E-state index in [1.807, 2.05) is 32.2 Å². The second-order valence-corrected chi connectivity index (χ2v) is 5.28. The molecule has 5 heteroatoms. The van der Waals surface area contributed by atoms with Gasteiger partial charge in [0.1, 0.15) is 0 Å². The van der Waals surface area contributed by atoms with Crippen LogP contribution in [0.1, 0.15) is 25.3 Å². The number of carbonyl (C=O) groups is 1. The van der Waals surface area contributed by atoms with Gasteiger partial charge in [-0.05, 0) is 50.4 Å². The van der Waals surface area contributed by atoms with Crippen LogP contribution in [0, 0.1) is 5.92 Å². The van der Waals surface area contributed by atoms with Gasteiger partial charge in [-0.25, -0.2) is 0 Å². The van der Waals surface area contributed by atoms with E-state index in [-0.39, 0.29) is 12.5 Å². The minimum Gasteiger partial charge on any atom is -0.490 e. The standard InChI is InChI=1S/C16H24N2O3/c1-3-20-15-8-13(9-17-2)6-7-14(15)21-11-16(19)18-10-12-4-5-12/h6-8,12,17H,3-5,9-11H2,1-2H3,(H,18,19). The van der Waals surface area contributed by atoms with Gasteiger partial charge in [-0.1, -0.05) is 6.07 Å². The molecule has 2 rings (SSSR count). The van der Waals surface area contributed by atoms with E-state index < -0.39 is 0 Å². The molecule has 21 heavy (non-hydrogen) atoms. The fourth-order valence-corrected chi connectivity index (χ4v) is 2.03. The van der Waals surface area contributed by atoms with Gasteiger partial charge in [0.15, 0.2) is 18.1 Å². The summed E-state index contributed by atoms with van der Waals surface area (Å²) in [6, 6.07) is 5.76. The molecule has 0 aliphatic heterocycles. The Hall–Kier alpha value is -1.75. The van der Waals surface area contributed by atoms with Crippen molar-refractivity contribution in [2.24, 2.45) is 5.92 Å². The van der Waals surface area contributed by atoms with Gasteiger partial charge in [-0.3, -0.25) is 4.79 Å². The van der Waals surface area contributed by atoms with Gasteiger partial charge >= 0.3 is 0 Å². The third-order valence-corrected chi connectivity index (χ3v) is 3.33. The van der Waals surface area contributed by atoms with Crippen molar-refractivity contribution in [1.29, 1.82) is 0 Å². The molecule has 0 radical (unpaired) electrons. The maximum Gasteiger partial charge on any atom is 0.257 e. The zero-order valence-electron chi connectivity index (χ0n) is 12.8. The lowest BCUT2D eigenvalue weighted by atomic mass is 10.2. The molecule has 0 saturated heterocycles. The molecule has 1 saturated carbocycles. The maximum absolute atomic E-state index is 11.7. The zero-order valence-corrected chi connectivity index (χ0v) is 12.8. The highest BCUT2D eigenvalue weighted by atomic mass is 16.5. The summed E-state index contributed by atoms with van der Waals surface area (Å²) in [4.78, 5) is 11.7. The van der Waals surface area contributed by atoms with Crippen molar-refractivity contribution in [2.45, 2.75) is 26.3 Å². The van der Waals surface area contributed by atoms with E-state index in [9.17, 15) is 4.79 Å². The number of nitrogens with one attached hydrogen (secondary N) is 2. The summed E-state index contributed by atoms with van der Waals surface area (Å²) >= 11 is 0. The largest absolute Gasteiger partial charge is 0.490 e. The molecule has 1 aromatic rings. The van der Waals surface area contributed by atoms with Gasteiger partial charge in [0.2, 0.25) is 0 Å². The minimum atomic E-state index is -0.0800. The molecule has 0 heterocycles. The lowest BCUT2D eigenvalue weighted by Gasteiger charge is -2.13. The summed E-state index contributed by atoms with van der Waals surface area (Å²) < 4.78 is 11.2. The lowest BCUT2D eigenvalue weighted by Crippen LogP contribution is -2.30. The van der Waals surface area contributed by atoms with E-state index in [0.717, 1.165) is 18.7 Å². The number of benzene rings is 1. The molecule has 0 atom stereocenters. The lowest BCUT2D eigenvalue weighted by molar-refractivity contribution is -0.123. The molecule has 2 N–H and O–H groups in total. The van der Waals surface area contributed by atoms with Crippen LogP contribution in [-0.4, -0.2) is 32.7 Å². The first-order valence-corrected chi connectivity index (χ1v) is 7.52. The molecule has 0 aromatic heterocycles. The Balaban J connectivity index is 1.88.